The Morgan fingerprint density at radius 2 is 2.00 bits per heavy atom. The molecule has 1 aromatic rings. The van der Waals surface area contributed by atoms with Gasteiger partial charge in [-0.1, -0.05) is 19.1 Å². The smallest absolute Gasteiger partial charge is 0.119 e. The van der Waals surface area contributed by atoms with Gasteiger partial charge in [-0.25, -0.2) is 0 Å². The van der Waals surface area contributed by atoms with Gasteiger partial charge in [-0.05, 0) is 37.1 Å². The highest BCUT2D eigenvalue weighted by Gasteiger charge is 2.23. The van der Waals surface area contributed by atoms with E-state index >= 15 is 0 Å². The molecule has 1 N–H and O–H groups in total. The minimum absolute atomic E-state index is 0.495. The van der Waals surface area contributed by atoms with Crippen LogP contribution in [-0.4, -0.2) is 12.6 Å². The maximum atomic E-state index is 5.66. The van der Waals surface area contributed by atoms with E-state index in [9.17, 15) is 0 Å². The maximum absolute atomic E-state index is 5.66. The Hall–Kier alpha value is -1.02. The second kappa shape index (κ2) is 4.47. The van der Waals surface area contributed by atoms with Crippen molar-refractivity contribution in [1.29, 1.82) is 0 Å². The third kappa shape index (κ3) is 2.74. The van der Waals surface area contributed by atoms with Crippen molar-refractivity contribution in [2.24, 2.45) is 0 Å². The fourth-order valence-corrected chi connectivity index (χ4v) is 1.33. The summed E-state index contributed by atoms with van der Waals surface area (Å²) in [5, 5.41) is 3.30. The quantitative estimate of drug-likeness (QED) is 0.771. The largest absolute Gasteiger partial charge is 0.490 e. The van der Waals surface area contributed by atoms with E-state index < -0.39 is 0 Å². The summed E-state index contributed by atoms with van der Waals surface area (Å²) >= 11 is 0. The van der Waals surface area contributed by atoms with Gasteiger partial charge in [0.25, 0.3) is 0 Å². The van der Waals surface area contributed by atoms with Gasteiger partial charge in [0, 0.05) is 6.54 Å². The molecule has 76 valence electrons. The average Bonchev–Trinajstić information content (AvgIpc) is 3.01. The van der Waals surface area contributed by atoms with Crippen LogP contribution in [0.4, 0.5) is 0 Å². The second-order valence-electron chi connectivity index (χ2n) is 3.74. The number of benzene rings is 1. The summed E-state index contributed by atoms with van der Waals surface area (Å²) in [5.74, 6) is 1.01. The third-order valence-corrected chi connectivity index (χ3v) is 2.33. The topological polar surface area (TPSA) is 21.3 Å². The Kier molecular flexibility index (Phi) is 3.04. The molecule has 0 spiro atoms. The van der Waals surface area contributed by atoms with Crippen molar-refractivity contribution in [3.8, 4) is 5.75 Å². The lowest BCUT2D eigenvalue weighted by atomic mass is 10.2. The molecule has 2 heteroatoms. The standard InChI is InChI=1S/C12H17NO/c1-2-13-9-10-3-5-11(6-4-10)14-12-7-8-12/h3-6,12-13H,2,7-9H2,1H3. The molecule has 0 saturated heterocycles. The molecule has 0 radical (unpaired) electrons. The van der Waals surface area contributed by atoms with Crippen LogP contribution in [0.1, 0.15) is 25.3 Å². The highest BCUT2D eigenvalue weighted by atomic mass is 16.5. The van der Waals surface area contributed by atoms with Crippen molar-refractivity contribution in [3.63, 3.8) is 0 Å². The summed E-state index contributed by atoms with van der Waals surface area (Å²) in [7, 11) is 0. The van der Waals surface area contributed by atoms with Crippen LogP contribution in [0.3, 0.4) is 0 Å². The highest BCUT2D eigenvalue weighted by Crippen LogP contribution is 2.26. The minimum atomic E-state index is 0.495. The van der Waals surface area contributed by atoms with Crippen LogP contribution in [-0.2, 0) is 6.54 Å². The van der Waals surface area contributed by atoms with Crippen molar-refractivity contribution in [2.75, 3.05) is 6.54 Å². The zero-order chi connectivity index (χ0) is 9.80. The minimum Gasteiger partial charge on any atom is -0.490 e. The fraction of sp³-hybridized carbons (Fsp3) is 0.500. The second-order valence-corrected chi connectivity index (χ2v) is 3.74. The molecule has 0 atom stereocenters. The first-order valence-electron chi connectivity index (χ1n) is 5.35. The molecule has 14 heavy (non-hydrogen) atoms. The number of ether oxygens (including phenoxy) is 1. The molecule has 0 aliphatic heterocycles. The van der Waals surface area contributed by atoms with Crippen molar-refractivity contribution < 1.29 is 4.74 Å². The molecule has 0 heterocycles. The van der Waals surface area contributed by atoms with E-state index in [-0.39, 0.29) is 0 Å². The fourth-order valence-electron chi connectivity index (χ4n) is 1.33. The average molecular weight is 191 g/mol. The van der Waals surface area contributed by atoms with E-state index in [1.807, 2.05) is 0 Å². The summed E-state index contributed by atoms with van der Waals surface area (Å²) in [5.41, 5.74) is 1.31. The van der Waals surface area contributed by atoms with Gasteiger partial charge in [-0.2, -0.15) is 0 Å². The summed E-state index contributed by atoms with van der Waals surface area (Å²) in [6, 6.07) is 8.37. The number of nitrogens with one attached hydrogen (secondary N) is 1. The predicted molar refractivity (Wildman–Crippen MR) is 57.5 cm³/mol. The summed E-state index contributed by atoms with van der Waals surface area (Å²) in [4.78, 5) is 0. The van der Waals surface area contributed by atoms with E-state index in [1.54, 1.807) is 0 Å². The molecule has 2 nitrogen and oxygen atoms in total. The molecule has 1 aliphatic rings. The van der Waals surface area contributed by atoms with E-state index in [2.05, 4.69) is 36.5 Å². The Labute approximate surface area is 85.3 Å². The highest BCUT2D eigenvalue weighted by molar-refractivity contribution is 5.27. The van der Waals surface area contributed by atoms with Gasteiger partial charge in [0.1, 0.15) is 5.75 Å². The van der Waals surface area contributed by atoms with E-state index in [0.29, 0.717) is 6.10 Å². The van der Waals surface area contributed by atoms with Gasteiger partial charge >= 0.3 is 0 Å². The van der Waals surface area contributed by atoms with Crippen molar-refractivity contribution in [3.05, 3.63) is 29.8 Å². The summed E-state index contributed by atoms with van der Waals surface area (Å²) < 4.78 is 5.66. The Morgan fingerprint density at radius 3 is 2.57 bits per heavy atom. The zero-order valence-electron chi connectivity index (χ0n) is 8.62. The van der Waals surface area contributed by atoms with Crippen molar-refractivity contribution in [1.82, 2.24) is 5.32 Å². The van der Waals surface area contributed by atoms with Gasteiger partial charge in [0.15, 0.2) is 0 Å². The first-order valence-corrected chi connectivity index (χ1v) is 5.35. The Bertz CT molecular complexity index is 277. The zero-order valence-corrected chi connectivity index (χ0v) is 8.62. The molecule has 0 bridgehead atoms. The molecular formula is C12H17NO. The molecular weight excluding hydrogens is 174 g/mol. The summed E-state index contributed by atoms with van der Waals surface area (Å²) in [6.07, 6.45) is 2.94. The van der Waals surface area contributed by atoms with E-state index in [0.717, 1.165) is 18.8 Å². The predicted octanol–water partition coefficient (Wildman–Crippen LogP) is 2.34. The first-order chi connectivity index (χ1) is 6.88. The van der Waals surface area contributed by atoms with Crippen LogP contribution in [0.15, 0.2) is 24.3 Å². The van der Waals surface area contributed by atoms with Crippen molar-refractivity contribution in [2.45, 2.75) is 32.4 Å². The monoisotopic (exact) mass is 191 g/mol. The van der Waals surface area contributed by atoms with Gasteiger partial charge in [-0.15, -0.1) is 0 Å². The van der Waals surface area contributed by atoms with Crippen LogP contribution >= 0.6 is 0 Å². The van der Waals surface area contributed by atoms with Crippen LogP contribution in [0.2, 0.25) is 0 Å². The van der Waals surface area contributed by atoms with Crippen LogP contribution in [0, 0.1) is 0 Å². The van der Waals surface area contributed by atoms with Gasteiger partial charge in [-0.3, -0.25) is 0 Å². The molecule has 0 amide bonds. The Morgan fingerprint density at radius 1 is 1.29 bits per heavy atom. The van der Waals surface area contributed by atoms with E-state index in [4.69, 9.17) is 4.74 Å². The molecule has 1 fully saturated rings. The lowest BCUT2D eigenvalue weighted by Crippen LogP contribution is -2.11. The van der Waals surface area contributed by atoms with Crippen LogP contribution in [0.25, 0.3) is 0 Å². The molecule has 1 aromatic carbocycles. The van der Waals surface area contributed by atoms with Crippen molar-refractivity contribution >= 4 is 0 Å². The van der Waals surface area contributed by atoms with E-state index in [1.165, 1.54) is 18.4 Å². The maximum Gasteiger partial charge on any atom is 0.119 e. The molecule has 1 saturated carbocycles. The summed E-state index contributed by atoms with van der Waals surface area (Å²) in [6.45, 7) is 4.07. The van der Waals surface area contributed by atoms with Gasteiger partial charge < -0.3 is 10.1 Å². The third-order valence-electron chi connectivity index (χ3n) is 2.33. The number of rotatable bonds is 5. The SMILES string of the molecule is CCNCc1ccc(OC2CC2)cc1. The van der Waals surface area contributed by atoms with Gasteiger partial charge in [0.2, 0.25) is 0 Å². The first kappa shape index (κ1) is 9.53. The normalized spacial score (nSPS) is 15.5. The molecule has 2 rings (SSSR count). The van der Waals surface area contributed by atoms with Crippen LogP contribution in [0.5, 0.6) is 5.75 Å². The number of hydrogen-bond acceptors (Lipinski definition) is 2. The molecule has 1 aliphatic carbocycles. The lowest BCUT2D eigenvalue weighted by molar-refractivity contribution is 0.303. The number of hydrogen-bond donors (Lipinski definition) is 1. The molecule has 0 aromatic heterocycles. The lowest BCUT2D eigenvalue weighted by Gasteiger charge is -2.05. The Balaban J connectivity index is 1.88. The molecule has 0 unspecified atom stereocenters. The van der Waals surface area contributed by atoms with Crippen LogP contribution < -0.4 is 10.1 Å². The van der Waals surface area contributed by atoms with Gasteiger partial charge in [0.05, 0.1) is 6.10 Å².